The number of aliphatic hydroxyl groups is 1. The zero-order valence-electron chi connectivity index (χ0n) is 12.7. The molecule has 2 aliphatic rings. The van der Waals surface area contributed by atoms with Crippen LogP contribution in [0, 0.1) is 5.92 Å². The molecule has 0 saturated carbocycles. The van der Waals surface area contributed by atoms with Crippen molar-refractivity contribution in [2.45, 2.75) is 38.4 Å². The Balaban J connectivity index is 2.03. The molecule has 3 N–H and O–H groups in total. The summed E-state index contributed by atoms with van der Waals surface area (Å²) in [6.45, 7) is 5.60. The van der Waals surface area contributed by atoms with Crippen LogP contribution in [-0.4, -0.2) is 71.3 Å². The van der Waals surface area contributed by atoms with Gasteiger partial charge in [-0.1, -0.05) is 0 Å². The van der Waals surface area contributed by atoms with E-state index in [1.54, 1.807) is 4.90 Å². The van der Waals surface area contributed by atoms with Crippen LogP contribution in [0.3, 0.4) is 0 Å². The normalized spacial score (nSPS) is 29.3. The largest absolute Gasteiger partial charge is 0.394 e. The number of carbonyl (C=O) groups excluding carboxylic acids is 2. The number of primary amides is 1. The number of nitrogens with two attached hydrogens (primary N) is 1. The third-order valence-electron chi connectivity index (χ3n) is 4.08. The number of hydrogen-bond donors (Lipinski definition) is 2. The molecule has 2 unspecified atom stereocenters. The fraction of sp³-hybridized carbons (Fsp3) is 0.857. The summed E-state index contributed by atoms with van der Waals surface area (Å²) < 4.78 is 5.72. The predicted octanol–water partition coefficient (Wildman–Crippen LogP) is -0.225. The summed E-state index contributed by atoms with van der Waals surface area (Å²) in [7, 11) is 0. The molecule has 2 fully saturated rings. The molecule has 7 nitrogen and oxygen atoms in total. The van der Waals surface area contributed by atoms with Gasteiger partial charge in [0, 0.05) is 26.2 Å². The summed E-state index contributed by atoms with van der Waals surface area (Å²) in [6, 6.07) is -0.469. The van der Waals surface area contributed by atoms with E-state index >= 15 is 0 Å². The van der Waals surface area contributed by atoms with E-state index in [1.807, 2.05) is 13.8 Å². The van der Waals surface area contributed by atoms with Gasteiger partial charge in [-0.25, -0.2) is 4.79 Å². The SMILES string of the molecule is CC1(C)CN(C(=O)C2CCCN(C(N)=O)C2)CC(CO)O1. The Morgan fingerprint density at radius 1 is 1.33 bits per heavy atom. The van der Waals surface area contributed by atoms with E-state index < -0.39 is 11.6 Å². The summed E-state index contributed by atoms with van der Waals surface area (Å²) >= 11 is 0. The summed E-state index contributed by atoms with van der Waals surface area (Å²) in [5.41, 5.74) is 4.83. The van der Waals surface area contributed by atoms with Crippen LogP contribution >= 0.6 is 0 Å². The zero-order valence-corrected chi connectivity index (χ0v) is 12.7. The Morgan fingerprint density at radius 3 is 2.67 bits per heavy atom. The Kier molecular flexibility index (Phi) is 4.73. The van der Waals surface area contributed by atoms with Gasteiger partial charge < -0.3 is 25.4 Å². The van der Waals surface area contributed by atoms with Gasteiger partial charge in [0.25, 0.3) is 0 Å². The first-order chi connectivity index (χ1) is 9.82. The molecule has 120 valence electrons. The zero-order chi connectivity index (χ0) is 15.6. The molecule has 3 amide bonds. The Labute approximate surface area is 125 Å². The highest BCUT2D eigenvalue weighted by atomic mass is 16.5. The smallest absolute Gasteiger partial charge is 0.314 e. The van der Waals surface area contributed by atoms with Crippen molar-refractivity contribution in [1.29, 1.82) is 0 Å². The highest BCUT2D eigenvalue weighted by Gasteiger charge is 2.38. The summed E-state index contributed by atoms with van der Waals surface area (Å²) in [6.07, 6.45) is 1.20. The van der Waals surface area contributed by atoms with Gasteiger partial charge in [0.15, 0.2) is 0 Å². The average Bonchev–Trinajstić information content (AvgIpc) is 2.44. The summed E-state index contributed by atoms with van der Waals surface area (Å²) in [4.78, 5) is 27.2. The van der Waals surface area contributed by atoms with Gasteiger partial charge in [-0.05, 0) is 26.7 Å². The lowest BCUT2D eigenvalue weighted by atomic mass is 9.95. The third-order valence-corrected chi connectivity index (χ3v) is 4.08. The molecule has 0 spiro atoms. The number of urea groups is 1. The van der Waals surface area contributed by atoms with E-state index in [1.165, 1.54) is 4.90 Å². The van der Waals surface area contributed by atoms with Crippen molar-refractivity contribution in [3.63, 3.8) is 0 Å². The predicted molar refractivity (Wildman–Crippen MR) is 76.5 cm³/mol. The van der Waals surface area contributed by atoms with Gasteiger partial charge in [0.1, 0.15) is 0 Å². The molecule has 2 aliphatic heterocycles. The lowest BCUT2D eigenvalue weighted by molar-refractivity contribution is -0.170. The molecule has 0 bridgehead atoms. The second kappa shape index (κ2) is 6.19. The highest BCUT2D eigenvalue weighted by molar-refractivity contribution is 5.80. The van der Waals surface area contributed by atoms with E-state index in [2.05, 4.69) is 0 Å². The van der Waals surface area contributed by atoms with Crippen LogP contribution in [0.5, 0.6) is 0 Å². The van der Waals surface area contributed by atoms with Crippen molar-refractivity contribution in [2.24, 2.45) is 11.7 Å². The fourth-order valence-corrected chi connectivity index (χ4v) is 3.20. The molecule has 0 aliphatic carbocycles. The van der Waals surface area contributed by atoms with Crippen molar-refractivity contribution in [2.75, 3.05) is 32.8 Å². The van der Waals surface area contributed by atoms with Crippen LogP contribution in [0.4, 0.5) is 4.79 Å². The lowest BCUT2D eigenvalue weighted by Crippen LogP contribution is -2.58. The van der Waals surface area contributed by atoms with E-state index in [4.69, 9.17) is 10.5 Å². The lowest BCUT2D eigenvalue weighted by Gasteiger charge is -2.44. The maximum Gasteiger partial charge on any atom is 0.314 e. The topological polar surface area (TPSA) is 96.1 Å². The van der Waals surface area contributed by atoms with Gasteiger partial charge in [0.2, 0.25) is 5.91 Å². The number of hydrogen-bond acceptors (Lipinski definition) is 4. The maximum atomic E-state index is 12.7. The molecule has 2 rings (SSSR count). The molecular weight excluding hydrogens is 274 g/mol. The fourth-order valence-electron chi connectivity index (χ4n) is 3.20. The van der Waals surface area contributed by atoms with Gasteiger partial charge >= 0.3 is 6.03 Å². The maximum absolute atomic E-state index is 12.7. The standard InChI is InChI=1S/C14H25N3O4/c1-14(2)9-17(7-11(8-18)21-14)12(19)10-4-3-5-16(6-10)13(15)20/h10-11,18H,3-9H2,1-2H3,(H2,15,20). The second-order valence-electron chi connectivity index (χ2n) is 6.52. The Bertz CT molecular complexity index is 413. The minimum absolute atomic E-state index is 0.0239. The number of rotatable bonds is 2. The minimum Gasteiger partial charge on any atom is -0.394 e. The van der Waals surface area contributed by atoms with Crippen molar-refractivity contribution in [3.8, 4) is 0 Å². The van der Waals surface area contributed by atoms with Crippen LogP contribution in [0.25, 0.3) is 0 Å². The average molecular weight is 299 g/mol. The van der Waals surface area contributed by atoms with Crippen LogP contribution < -0.4 is 5.73 Å². The quantitative estimate of drug-likeness (QED) is 0.736. The monoisotopic (exact) mass is 299 g/mol. The van der Waals surface area contributed by atoms with E-state index in [0.29, 0.717) is 26.2 Å². The van der Waals surface area contributed by atoms with Gasteiger partial charge in [0.05, 0.1) is 24.2 Å². The third kappa shape index (κ3) is 3.85. The molecular formula is C14H25N3O4. The van der Waals surface area contributed by atoms with Crippen LogP contribution in [-0.2, 0) is 9.53 Å². The second-order valence-corrected chi connectivity index (χ2v) is 6.52. The number of ether oxygens (including phenoxy) is 1. The first-order valence-corrected chi connectivity index (χ1v) is 7.44. The van der Waals surface area contributed by atoms with E-state index in [0.717, 1.165) is 12.8 Å². The first-order valence-electron chi connectivity index (χ1n) is 7.44. The molecule has 7 heteroatoms. The number of morpholine rings is 1. The van der Waals surface area contributed by atoms with Gasteiger partial charge in [-0.2, -0.15) is 0 Å². The van der Waals surface area contributed by atoms with E-state index in [9.17, 15) is 14.7 Å². The molecule has 2 saturated heterocycles. The molecule has 2 heterocycles. The first kappa shape index (κ1) is 16.0. The van der Waals surface area contributed by atoms with Crippen LogP contribution in [0.15, 0.2) is 0 Å². The van der Waals surface area contributed by atoms with Crippen LogP contribution in [0.2, 0.25) is 0 Å². The number of carbonyl (C=O) groups is 2. The molecule has 0 aromatic carbocycles. The summed E-state index contributed by atoms with van der Waals surface area (Å²) in [5, 5.41) is 9.32. The number of piperidine rings is 1. The number of aliphatic hydroxyl groups excluding tert-OH is 1. The molecule has 0 radical (unpaired) electrons. The van der Waals surface area contributed by atoms with Crippen molar-refractivity contribution >= 4 is 11.9 Å². The molecule has 2 atom stereocenters. The van der Waals surface area contributed by atoms with Gasteiger partial charge in [-0.3, -0.25) is 4.79 Å². The Hall–Kier alpha value is -1.34. The van der Waals surface area contributed by atoms with Crippen LogP contribution in [0.1, 0.15) is 26.7 Å². The number of amides is 3. The summed E-state index contributed by atoms with van der Waals surface area (Å²) in [5.74, 6) is -0.185. The van der Waals surface area contributed by atoms with Gasteiger partial charge in [-0.15, -0.1) is 0 Å². The molecule has 0 aromatic rings. The van der Waals surface area contributed by atoms with Crippen molar-refractivity contribution in [1.82, 2.24) is 9.80 Å². The molecule has 21 heavy (non-hydrogen) atoms. The Morgan fingerprint density at radius 2 is 2.05 bits per heavy atom. The minimum atomic E-state index is -0.473. The number of nitrogens with zero attached hydrogens (tertiary/aromatic N) is 2. The molecule has 0 aromatic heterocycles. The van der Waals surface area contributed by atoms with E-state index in [-0.39, 0.29) is 24.5 Å². The number of likely N-dealkylation sites (tertiary alicyclic amines) is 1. The van der Waals surface area contributed by atoms with Crippen molar-refractivity contribution < 1.29 is 19.4 Å². The highest BCUT2D eigenvalue weighted by Crippen LogP contribution is 2.25. The van der Waals surface area contributed by atoms with Crippen molar-refractivity contribution in [3.05, 3.63) is 0 Å².